The molecule has 0 aliphatic carbocycles. The summed E-state index contributed by atoms with van der Waals surface area (Å²) in [5.74, 6) is 1.10. The van der Waals surface area contributed by atoms with Crippen LogP contribution in [0.4, 0.5) is 0 Å². The molecular weight excluding hydrogens is 334 g/mol. The lowest BCUT2D eigenvalue weighted by Gasteiger charge is -2.12. The van der Waals surface area contributed by atoms with Crippen molar-refractivity contribution in [3.63, 3.8) is 0 Å². The number of aromatic nitrogens is 5. The Hall–Kier alpha value is -3.26. The fraction of sp³-hybridized carbons (Fsp3) is 0.222. The number of methoxy groups -OCH3 is 1. The molecule has 0 saturated heterocycles. The molecule has 8 heteroatoms. The predicted octanol–water partition coefficient (Wildman–Crippen LogP) is 1.50. The van der Waals surface area contributed by atoms with Gasteiger partial charge in [-0.05, 0) is 24.6 Å². The molecule has 0 fully saturated rings. The number of aliphatic hydroxyl groups excluding tert-OH is 1. The molecule has 0 atom stereocenters. The second-order valence-corrected chi connectivity index (χ2v) is 5.82. The largest absolute Gasteiger partial charge is 0.497 e. The molecule has 26 heavy (non-hydrogen) atoms. The molecule has 8 nitrogen and oxygen atoms in total. The van der Waals surface area contributed by atoms with Gasteiger partial charge in [0.25, 0.3) is 11.3 Å². The van der Waals surface area contributed by atoms with E-state index in [1.165, 1.54) is 6.33 Å². The summed E-state index contributed by atoms with van der Waals surface area (Å²) in [5, 5.41) is 13.8. The first kappa shape index (κ1) is 16.2. The summed E-state index contributed by atoms with van der Waals surface area (Å²) in [7, 11) is 1.59. The van der Waals surface area contributed by atoms with Gasteiger partial charge in [0.05, 0.1) is 23.7 Å². The molecule has 0 spiro atoms. The normalized spacial score (nSPS) is 11.3. The van der Waals surface area contributed by atoms with Crippen LogP contribution in [0.3, 0.4) is 0 Å². The summed E-state index contributed by atoms with van der Waals surface area (Å²) in [6.07, 6.45) is 3.60. The zero-order valence-electron chi connectivity index (χ0n) is 14.2. The van der Waals surface area contributed by atoms with Gasteiger partial charge in [-0.15, -0.1) is 0 Å². The predicted molar refractivity (Wildman–Crippen MR) is 96.2 cm³/mol. The molecule has 0 unspecified atom stereocenters. The number of ether oxygens (including phenoxy) is 1. The van der Waals surface area contributed by atoms with Crippen molar-refractivity contribution in [2.45, 2.75) is 13.0 Å². The molecule has 0 aliphatic heterocycles. The fourth-order valence-electron chi connectivity index (χ4n) is 3.02. The van der Waals surface area contributed by atoms with Crippen molar-refractivity contribution in [1.29, 1.82) is 0 Å². The first-order chi connectivity index (χ1) is 12.7. The zero-order valence-corrected chi connectivity index (χ0v) is 14.2. The van der Waals surface area contributed by atoms with Crippen molar-refractivity contribution in [2.75, 3.05) is 13.7 Å². The zero-order chi connectivity index (χ0) is 18.1. The lowest BCUT2D eigenvalue weighted by Crippen LogP contribution is -2.22. The molecule has 132 valence electrons. The van der Waals surface area contributed by atoms with Gasteiger partial charge in [-0.25, -0.2) is 4.98 Å². The SMILES string of the molecule is COc1cccc(-c2c3c(=O)n(CCCO)ccc3nc3ncnn23)c1. The lowest BCUT2D eigenvalue weighted by molar-refractivity contribution is 0.279. The fourth-order valence-corrected chi connectivity index (χ4v) is 3.02. The summed E-state index contributed by atoms with van der Waals surface area (Å²) >= 11 is 0. The van der Waals surface area contributed by atoms with Gasteiger partial charge in [0.15, 0.2) is 0 Å². The third-order valence-electron chi connectivity index (χ3n) is 4.24. The van der Waals surface area contributed by atoms with Crippen molar-refractivity contribution in [1.82, 2.24) is 24.1 Å². The van der Waals surface area contributed by atoms with Gasteiger partial charge < -0.3 is 14.4 Å². The van der Waals surface area contributed by atoms with Gasteiger partial charge in [-0.2, -0.15) is 14.6 Å². The van der Waals surface area contributed by atoms with Crippen LogP contribution in [0.2, 0.25) is 0 Å². The highest BCUT2D eigenvalue weighted by Crippen LogP contribution is 2.28. The third-order valence-corrected chi connectivity index (χ3v) is 4.24. The van der Waals surface area contributed by atoms with Crippen LogP contribution in [0.15, 0.2) is 47.7 Å². The Morgan fingerprint density at radius 1 is 1.27 bits per heavy atom. The van der Waals surface area contributed by atoms with E-state index in [2.05, 4.69) is 15.1 Å². The molecule has 0 radical (unpaired) electrons. The minimum absolute atomic E-state index is 0.0214. The van der Waals surface area contributed by atoms with Crippen LogP contribution in [0.5, 0.6) is 5.75 Å². The second kappa shape index (κ2) is 6.57. The number of hydrogen-bond donors (Lipinski definition) is 1. The van der Waals surface area contributed by atoms with Crippen LogP contribution >= 0.6 is 0 Å². The quantitative estimate of drug-likeness (QED) is 0.585. The van der Waals surface area contributed by atoms with Gasteiger partial charge in [-0.3, -0.25) is 4.79 Å². The Morgan fingerprint density at radius 2 is 2.15 bits per heavy atom. The highest BCUT2D eigenvalue weighted by Gasteiger charge is 2.17. The number of fused-ring (bicyclic) bond motifs is 2. The third kappa shape index (κ3) is 2.60. The number of rotatable bonds is 5. The maximum atomic E-state index is 13.1. The van der Waals surface area contributed by atoms with Crippen LogP contribution in [0.25, 0.3) is 27.9 Å². The van der Waals surface area contributed by atoms with Crippen molar-refractivity contribution in [2.24, 2.45) is 0 Å². The molecular formula is C18H17N5O3. The highest BCUT2D eigenvalue weighted by molar-refractivity contribution is 5.93. The van der Waals surface area contributed by atoms with Crippen LogP contribution in [-0.4, -0.2) is 43.0 Å². The van der Waals surface area contributed by atoms with Gasteiger partial charge in [0.2, 0.25) is 0 Å². The van der Waals surface area contributed by atoms with Crippen molar-refractivity contribution in [3.8, 4) is 17.0 Å². The first-order valence-electron chi connectivity index (χ1n) is 8.21. The number of aliphatic hydroxyl groups is 1. The van der Waals surface area contributed by atoms with E-state index >= 15 is 0 Å². The average Bonchev–Trinajstić information content (AvgIpc) is 3.14. The maximum Gasteiger partial charge on any atom is 0.262 e. The topological polar surface area (TPSA) is 94.5 Å². The minimum atomic E-state index is -0.182. The van der Waals surface area contributed by atoms with E-state index in [-0.39, 0.29) is 12.2 Å². The van der Waals surface area contributed by atoms with Crippen molar-refractivity contribution in [3.05, 3.63) is 53.2 Å². The summed E-state index contributed by atoms with van der Waals surface area (Å²) in [4.78, 5) is 21.7. The van der Waals surface area contributed by atoms with Crippen LogP contribution in [0, 0.1) is 0 Å². The Bertz CT molecular complexity index is 1150. The maximum absolute atomic E-state index is 13.1. The Morgan fingerprint density at radius 3 is 2.96 bits per heavy atom. The smallest absolute Gasteiger partial charge is 0.262 e. The van der Waals surface area contributed by atoms with E-state index in [1.54, 1.807) is 28.5 Å². The second-order valence-electron chi connectivity index (χ2n) is 5.82. The van der Waals surface area contributed by atoms with Crippen LogP contribution in [-0.2, 0) is 6.54 Å². The van der Waals surface area contributed by atoms with E-state index in [1.807, 2.05) is 24.3 Å². The highest BCUT2D eigenvalue weighted by atomic mass is 16.5. The number of benzene rings is 1. The Kier molecular flexibility index (Phi) is 4.10. The van der Waals surface area contributed by atoms with Crippen LogP contribution < -0.4 is 10.3 Å². The van der Waals surface area contributed by atoms with Gasteiger partial charge in [0, 0.05) is 24.9 Å². The summed E-state index contributed by atoms with van der Waals surface area (Å²) < 4.78 is 8.46. The van der Waals surface area contributed by atoms with Gasteiger partial charge >= 0.3 is 0 Å². The van der Waals surface area contributed by atoms with Crippen molar-refractivity contribution >= 4 is 16.7 Å². The molecule has 4 rings (SSSR count). The number of aryl methyl sites for hydroxylation is 1. The monoisotopic (exact) mass is 351 g/mol. The average molecular weight is 351 g/mol. The molecule has 0 aliphatic rings. The first-order valence-corrected chi connectivity index (χ1v) is 8.21. The summed E-state index contributed by atoms with van der Waals surface area (Å²) in [6.45, 7) is 0.450. The summed E-state index contributed by atoms with van der Waals surface area (Å²) in [6, 6.07) is 9.22. The van der Waals surface area contributed by atoms with E-state index < -0.39 is 0 Å². The molecule has 1 aromatic carbocycles. The summed E-state index contributed by atoms with van der Waals surface area (Å²) in [5.41, 5.74) is 1.77. The molecule has 1 N–H and O–H groups in total. The Balaban J connectivity index is 2.09. The standard InChI is InChI=1S/C18H17N5O3/c1-26-13-5-2-4-12(10-13)16-15-14(21-18-19-11-20-23(16)18)6-8-22(17(15)25)7-3-9-24/h2,4-6,8,10-11,24H,3,7,9H2,1H3. The van der Waals surface area contributed by atoms with Crippen LogP contribution in [0.1, 0.15) is 6.42 Å². The minimum Gasteiger partial charge on any atom is -0.497 e. The molecule has 3 heterocycles. The van der Waals surface area contributed by atoms with E-state index in [4.69, 9.17) is 9.84 Å². The number of hydrogen-bond acceptors (Lipinski definition) is 6. The van der Waals surface area contributed by atoms with Crippen molar-refractivity contribution < 1.29 is 9.84 Å². The van der Waals surface area contributed by atoms with E-state index in [0.29, 0.717) is 41.1 Å². The van der Waals surface area contributed by atoms with E-state index in [0.717, 1.165) is 5.56 Å². The van der Waals surface area contributed by atoms with Gasteiger partial charge in [0.1, 0.15) is 12.1 Å². The number of pyridine rings is 1. The molecule has 0 saturated carbocycles. The number of nitrogens with zero attached hydrogens (tertiary/aromatic N) is 5. The Labute approximate surface area is 148 Å². The molecule has 0 amide bonds. The van der Waals surface area contributed by atoms with Gasteiger partial charge in [-0.1, -0.05) is 12.1 Å². The molecule has 0 bridgehead atoms. The molecule has 4 aromatic rings. The molecule has 3 aromatic heterocycles. The van der Waals surface area contributed by atoms with E-state index in [9.17, 15) is 4.79 Å². The lowest BCUT2D eigenvalue weighted by atomic mass is 10.1.